The Hall–Kier alpha value is -3.85. The minimum Gasteiger partial charge on any atom is -0.488 e. The third-order valence-electron chi connectivity index (χ3n) is 5.33. The number of hydrogen-bond donors (Lipinski definition) is 1. The van der Waals surface area contributed by atoms with Crippen LogP contribution in [0.15, 0.2) is 113 Å². The average molecular weight is 568 g/mol. The molecule has 10 heteroatoms. The van der Waals surface area contributed by atoms with Gasteiger partial charge in [0.15, 0.2) is 0 Å². The van der Waals surface area contributed by atoms with E-state index in [-0.39, 0.29) is 10.6 Å². The maximum Gasteiger partial charge on any atom is 0.264 e. The molecule has 4 aromatic rings. The fourth-order valence-corrected chi connectivity index (χ4v) is 5.21. The number of ether oxygens (including phenoxy) is 1. The number of nitrogens with zero attached hydrogens (tertiary/aromatic N) is 2. The second-order valence-electron chi connectivity index (χ2n) is 8.05. The van der Waals surface area contributed by atoms with Gasteiger partial charge in [0.2, 0.25) is 0 Å². The topological polar surface area (TPSA) is 88.1 Å². The quantitative estimate of drug-likeness (QED) is 0.190. The average Bonchev–Trinajstić information content (AvgIpc) is 2.92. The van der Waals surface area contributed by atoms with Gasteiger partial charge in [0.05, 0.1) is 16.8 Å². The third kappa shape index (κ3) is 7.13. The van der Waals surface area contributed by atoms with Crippen LogP contribution in [0.3, 0.4) is 0 Å². The number of hydrazone groups is 1. The van der Waals surface area contributed by atoms with Crippen molar-refractivity contribution in [3.63, 3.8) is 0 Å². The maximum absolute atomic E-state index is 13.4. The molecular formula is C28H23Cl2N3O4S. The minimum atomic E-state index is -4.05. The molecule has 0 aromatic heterocycles. The molecule has 0 spiro atoms. The normalized spacial score (nSPS) is 11.3. The number of benzene rings is 4. The first kappa shape index (κ1) is 27.2. The Morgan fingerprint density at radius 2 is 1.58 bits per heavy atom. The summed E-state index contributed by atoms with van der Waals surface area (Å²) >= 11 is 12.0. The first-order valence-corrected chi connectivity index (χ1v) is 13.6. The first-order valence-electron chi connectivity index (χ1n) is 11.4. The van der Waals surface area contributed by atoms with Crippen molar-refractivity contribution in [2.45, 2.75) is 11.5 Å². The Labute approximate surface area is 231 Å². The van der Waals surface area contributed by atoms with E-state index in [2.05, 4.69) is 10.5 Å². The summed E-state index contributed by atoms with van der Waals surface area (Å²) in [7, 11) is -4.05. The predicted octanol–water partition coefficient (Wildman–Crippen LogP) is 5.92. The molecule has 7 nitrogen and oxygen atoms in total. The number of halogens is 2. The van der Waals surface area contributed by atoms with E-state index in [1.807, 2.05) is 24.3 Å². The number of anilines is 1. The van der Waals surface area contributed by atoms with Crippen LogP contribution in [-0.4, -0.2) is 27.1 Å². The van der Waals surface area contributed by atoms with Gasteiger partial charge in [-0.15, -0.1) is 0 Å². The Kier molecular flexibility index (Phi) is 9.02. The van der Waals surface area contributed by atoms with Crippen molar-refractivity contribution in [3.8, 4) is 5.75 Å². The van der Waals surface area contributed by atoms with Crippen molar-refractivity contribution in [1.29, 1.82) is 0 Å². The predicted molar refractivity (Wildman–Crippen MR) is 150 cm³/mol. The van der Waals surface area contributed by atoms with Crippen LogP contribution < -0.4 is 14.5 Å². The molecule has 4 rings (SSSR count). The largest absolute Gasteiger partial charge is 0.488 e. The Balaban J connectivity index is 1.47. The SMILES string of the molecule is O=C(CN(c1cccc(Cl)c1)S(=O)(=O)c1ccccc1)N/N=C/c1ccccc1OCc1ccc(Cl)cc1. The molecule has 0 aliphatic carbocycles. The summed E-state index contributed by atoms with van der Waals surface area (Å²) in [4.78, 5) is 12.8. The summed E-state index contributed by atoms with van der Waals surface area (Å²) in [6, 6.07) is 28.6. The summed E-state index contributed by atoms with van der Waals surface area (Å²) < 4.78 is 33.6. The molecule has 0 saturated heterocycles. The maximum atomic E-state index is 13.4. The molecule has 1 amide bonds. The molecule has 0 radical (unpaired) electrons. The fraction of sp³-hybridized carbons (Fsp3) is 0.0714. The number of carbonyl (C=O) groups is 1. The standard InChI is InChI=1S/C28H23Cl2N3O4S/c29-23-15-13-21(14-16-23)20-37-27-12-5-4-7-22(27)18-31-32-28(34)19-33(25-9-6-8-24(30)17-25)38(35,36)26-10-2-1-3-11-26/h1-18H,19-20H2,(H,32,34)/b31-18+. The monoisotopic (exact) mass is 567 g/mol. The zero-order valence-corrected chi connectivity index (χ0v) is 22.3. The number of carbonyl (C=O) groups excluding carboxylic acids is 1. The summed E-state index contributed by atoms with van der Waals surface area (Å²) in [5, 5.41) is 5.00. The molecule has 0 heterocycles. The van der Waals surface area contributed by atoms with Crippen molar-refractivity contribution in [1.82, 2.24) is 5.43 Å². The molecule has 0 bridgehead atoms. The molecule has 0 fully saturated rings. The molecular weight excluding hydrogens is 545 g/mol. The summed E-state index contributed by atoms with van der Waals surface area (Å²) in [5.41, 5.74) is 4.22. The van der Waals surface area contributed by atoms with Gasteiger partial charge in [0.1, 0.15) is 18.9 Å². The van der Waals surface area contributed by atoms with Gasteiger partial charge in [-0.2, -0.15) is 5.10 Å². The summed E-state index contributed by atoms with van der Waals surface area (Å²) in [5.74, 6) is -0.0760. The van der Waals surface area contributed by atoms with Crippen molar-refractivity contribution < 1.29 is 17.9 Å². The Bertz CT molecular complexity index is 1530. The fourth-order valence-electron chi connectivity index (χ4n) is 3.47. The van der Waals surface area contributed by atoms with Gasteiger partial charge in [-0.25, -0.2) is 13.8 Å². The van der Waals surface area contributed by atoms with Gasteiger partial charge in [-0.05, 0) is 60.2 Å². The van der Waals surface area contributed by atoms with E-state index in [9.17, 15) is 13.2 Å². The highest BCUT2D eigenvalue weighted by atomic mass is 35.5. The second-order valence-corrected chi connectivity index (χ2v) is 10.8. The highest BCUT2D eigenvalue weighted by Gasteiger charge is 2.27. The van der Waals surface area contributed by atoms with Crippen LogP contribution in [0.1, 0.15) is 11.1 Å². The number of rotatable bonds is 10. The molecule has 0 saturated carbocycles. The molecule has 4 aromatic carbocycles. The lowest BCUT2D eigenvalue weighted by Crippen LogP contribution is -2.39. The third-order valence-corrected chi connectivity index (χ3v) is 7.61. The Morgan fingerprint density at radius 1 is 0.868 bits per heavy atom. The van der Waals surface area contributed by atoms with Crippen LogP contribution in [0.4, 0.5) is 5.69 Å². The highest BCUT2D eigenvalue weighted by Crippen LogP contribution is 2.26. The molecule has 0 aliphatic heterocycles. The number of amides is 1. The summed E-state index contributed by atoms with van der Waals surface area (Å²) in [6.07, 6.45) is 1.44. The number of para-hydroxylation sites is 1. The van der Waals surface area contributed by atoms with E-state index in [1.165, 1.54) is 24.4 Å². The van der Waals surface area contributed by atoms with Crippen LogP contribution in [0, 0.1) is 0 Å². The smallest absolute Gasteiger partial charge is 0.264 e. The van der Waals surface area contributed by atoms with Gasteiger partial charge in [-0.3, -0.25) is 9.10 Å². The Morgan fingerprint density at radius 3 is 2.32 bits per heavy atom. The molecule has 0 unspecified atom stereocenters. The summed E-state index contributed by atoms with van der Waals surface area (Å²) in [6.45, 7) is -0.191. The number of nitrogens with one attached hydrogen (secondary N) is 1. The van der Waals surface area contributed by atoms with Crippen LogP contribution in [0.2, 0.25) is 10.0 Å². The van der Waals surface area contributed by atoms with Crippen LogP contribution in [0.5, 0.6) is 5.75 Å². The van der Waals surface area contributed by atoms with Gasteiger partial charge in [0, 0.05) is 15.6 Å². The van der Waals surface area contributed by atoms with Crippen molar-refractivity contribution in [2.24, 2.45) is 5.10 Å². The van der Waals surface area contributed by atoms with Gasteiger partial charge >= 0.3 is 0 Å². The van der Waals surface area contributed by atoms with Crippen molar-refractivity contribution in [3.05, 3.63) is 124 Å². The van der Waals surface area contributed by atoms with E-state index in [1.54, 1.807) is 60.7 Å². The lowest BCUT2D eigenvalue weighted by Gasteiger charge is -2.23. The van der Waals surface area contributed by atoms with Gasteiger partial charge in [0.25, 0.3) is 15.9 Å². The second kappa shape index (κ2) is 12.6. The zero-order valence-electron chi connectivity index (χ0n) is 20.0. The number of hydrogen-bond acceptors (Lipinski definition) is 5. The van der Waals surface area contributed by atoms with Crippen molar-refractivity contribution in [2.75, 3.05) is 10.8 Å². The number of sulfonamides is 1. The van der Waals surface area contributed by atoms with E-state index < -0.39 is 22.5 Å². The lowest BCUT2D eigenvalue weighted by molar-refractivity contribution is -0.119. The van der Waals surface area contributed by atoms with Crippen LogP contribution >= 0.6 is 23.2 Å². The van der Waals surface area contributed by atoms with E-state index in [0.29, 0.717) is 28.0 Å². The van der Waals surface area contributed by atoms with Crippen LogP contribution in [0.25, 0.3) is 0 Å². The molecule has 0 aliphatic rings. The van der Waals surface area contributed by atoms with E-state index in [4.69, 9.17) is 27.9 Å². The van der Waals surface area contributed by atoms with Gasteiger partial charge in [-0.1, -0.05) is 71.7 Å². The zero-order chi connectivity index (χ0) is 27.0. The molecule has 1 N–H and O–H groups in total. The molecule has 0 atom stereocenters. The van der Waals surface area contributed by atoms with Crippen molar-refractivity contribution >= 4 is 51.0 Å². The molecule has 194 valence electrons. The lowest BCUT2D eigenvalue weighted by atomic mass is 10.2. The van der Waals surface area contributed by atoms with Gasteiger partial charge < -0.3 is 4.74 Å². The highest BCUT2D eigenvalue weighted by molar-refractivity contribution is 7.92. The van der Waals surface area contributed by atoms with E-state index >= 15 is 0 Å². The minimum absolute atomic E-state index is 0.0445. The molecule has 38 heavy (non-hydrogen) atoms. The van der Waals surface area contributed by atoms with E-state index in [0.717, 1.165) is 9.87 Å². The first-order chi connectivity index (χ1) is 18.3. The van der Waals surface area contributed by atoms with Crippen LogP contribution in [-0.2, 0) is 21.4 Å².